The summed E-state index contributed by atoms with van der Waals surface area (Å²) in [6, 6.07) is 23.3. The van der Waals surface area contributed by atoms with Crippen LogP contribution in [0.5, 0.6) is 5.75 Å². The number of hydrogen-bond donors (Lipinski definition) is 2. The second-order valence-corrected chi connectivity index (χ2v) is 8.23. The van der Waals surface area contributed by atoms with Gasteiger partial charge in [-0.05, 0) is 67.6 Å². The van der Waals surface area contributed by atoms with Crippen molar-refractivity contribution in [3.05, 3.63) is 95.1 Å². The van der Waals surface area contributed by atoms with Gasteiger partial charge in [-0.1, -0.05) is 48.0 Å². The molecule has 1 unspecified atom stereocenters. The fraction of sp³-hybridized carbons (Fsp3) is 0.259. The second kappa shape index (κ2) is 10.1. The molecule has 0 saturated heterocycles. The van der Waals surface area contributed by atoms with Gasteiger partial charge in [0.2, 0.25) is 5.91 Å². The second-order valence-electron chi connectivity index (χ2n) is 8.23. The van der Waals surface area contributed by atoms with Gasteiger partial charge in [0.1, 0.15) is 12.4 Å². The van der Waals surface area contributed by atoms with E-state index in [9.17, 15) is 9.59 Å². The predicted molar refractivity (Wildman–Crippen MR) is 126 cm³/mol. The quantitative estimate of drug-likeness (QED) is 0.543. The Kier molecular flexibility index (Phi) is 6.85. The molecule has 5 nitrogen and oxygen atoms in total. The Morgan fingerprint density at radius 3 is 2.56 bits per heavy atom. The maximum absolute atomic E-state index is 12.6. The fourth-order valence-corrected chi connectivity index (χ4v) is 3.84. The average Bonchev–Trinajstić information content (AvgIpc) is 2.82. The molecule has 1 aliphatic rings. The molecule has 2 N–H and O–H groups in total. The third-order valence-electron chi connectivity index (χ3n) is 5.69. The number of carbonyl (C=O) groups is 2. The minimum atomic E-state index is -0.234. The number of anilines is 1. The van der Waals surface area contributed by atoms with Crippen molar-refractivity contribution in [2.24, 2.45) is 5.92 Å². The Balaban J connectivity index is 1.30. The Labute approximate surface area is 188 Å². The van der Waals surface area contributed by atoms with E-state index in [4.69, 9.17) is 4.74 Å². The van der Waals surface area contributed by atoms with Crippen molar-refractivity contribution >= 4 is 17.5 Å². The van der Waals surface area contributed by atoms with Crippen LogP contribution in [0, 0.1) is 12.8 Å². The molecule has 0 aliphatic carbocycles. The smallest absolute Gasteiger partial charge is 0.255 e. The van der Waals surface area contributed by atoms with Crippen LogP contribution < -0.4 is 15.4 Å². The van der Waals surface area contributed by atoms with Crippen LogP contribution in [0.4, 0.5) is 5.69 Å². The first-order valence-electron chi connectivity index (χ1n) is 11.0. The molecule has 0 bridgehead atoms. The van der Waals surface area contributed by atoms with Crippen molar-refractivity contribution < 1.29 is 14.3 Å². The molecule has 0 fully saturated rings. The molecule has 3 aromatic carbocycles. The van der Waals surface area contributed by atoms with E-state index in [-0.39, 0.29) is 17.7 Å². The van der Waals surface area contributed by atoms with Crippen molar-refractivity contribution in [3.63, 3.8) is 0 Å². The number of benzene rings is 3. The lowest BCUT2D eigenvalue weighted by molar-refractivity contribution is -0.126. The number of nitrogens with one attached hydrogen (secondary N) is 2. The van der Waals surface area contributed by atoms with Gasteiger partial charge in [0, 0.05) is 17.8 Å². The van der Waals surface area contributed by atoms with E-state index in [1.54, 1.807) is 0 Å². The van der Waals surface area contributed by atoms with E-state index in [1.807, 2.05) is 67.6 Å². The Hall–Kier alpha value is -3.60. The summed E-state index contributed by atoms with van der Waals surface area (Å²) in [5.74, 6) is 0.390. The molecule has 1 atom stereocenters. The maximum Gasteiger partial charge on any atom is 0.255 e. The normalized spacial score (nSPS) is 14.7. The van der Waals surface area contributed by atoms with Crippen LogP contribution >= 0.6 is 0 Å². The first-order valence-corrected chi connectivity index (χ1v) is 11.0. The molecule has 164 valence electrons. The molecule has 5 heteroatoms. The van der Waals surface area contributed by atoms with Crippen molar-refractivity contribution in [1.82, 2.24) is 5.32 Å². The summed E-state index contributed by atoms with van der Waals surface area (Å²) in [6.45, 7) is 3.00. The lowest BCUT2D eigenvalue weighted by Gasteiger charge is -2.25. The summed E-state index contributed by atoms with van der Waals surface area (Å²) in [7, 11) is 0. The van der Waals surface area contributed by atoms with Crippen molar-refractivity contribution in [1.29, 1.82) is 0 Å². The van der Waals surface area contributed by atoms with Crippen molar-refractivity contribution in [2.75, 3.05) is 18.5 Å². The Morgan fingerprint density at radius 1 is 1.00 bits per heavy atom. The number of fused-ring (bicyclic) bond motifs is 1. The van der Waals surface area contributed by atoms with Crippen LogP contribution in [0.3, 0.4) is 0 Å². The molecule has 4 rings (SSSR count). The van der Waals surface area contributed by atoms with Gasteiger partial charge in [-0.25, -0.2) is 0 Å². The van der Waals surface area contributed by atoms with Gasteiger partial charge < -0.3 is 15.4 Å². The highest BCUT2D eigenvalue weighted by molar-refractivity contribution is 6.04. The van der Waals surface area contributed by atoms with E-state index in [0.717, 1.165) is 29.7 Å². The third-order valence-corrected chi connectivity index (χ3v) is 5.69. The third kappa shape index (κ3) is 5.55. The summed E-state index contributed by atoms with van der Waals surface area (Å²) in [6.07, 6.45) is 2.43. The lowest BCUT2D eigenvalue weighted by atomic mass is 9.95. The fourth-order valence-electron chi connectivity index (χ4n) is 3.84. The minimum Gasteiger partial charge on any atom is -0.492 e. The van der Waals surface area contributed by atoms with Gasteiger partial charge in [0.25, 0.3) is 5.91 Å². The first kappa shape index (κ1) is 21.6. The largest absolute Gasteiger partial charge is 0.492 e. The number of aryl methyl sites for hydroxylation is 2. The van der Waals surface area contributed by atoms with Crippen LogP contribution in [-0.4, -0.2) is 25.0 Å². The number of amides is 2. The minimum absolute atomic E-state index is 0.0119. The number of hydrogen-bond acceptors (Lipinski definition) is 3. The van der Waals surface area contributed by atoms with Gasteiger partial charge in [-0.2, -0.15) is 0 Å². The summed E-state index contributed by atoms with van der Waals surface area (Å²) >= 11 is 0. The van der Waals surface area contributed by atoms with E-state index in [0.29, 0.717) is 30.8 Å². The van der Waals surface area contributed by atoms with E-state index in [1.165, 1.54) is 5.56 Å². The molecule has 1 aliphatic heterocycles. The monoisotopic (exact) mass is 428 g/mol. The van der Waals surface area contributed by atoms with E-state index in [2.05, 4.69) is 22.8 Å². The molecule has 3 aromatic rings. The van der Waals surface area contributed by atoms with Crippen molar-refractivity contribution in [2.45, 2.75) is 26.2 Å². The zero-order valence-electron chi connectivity index (χ0n) is 18.3. The highest BCUT2D eigenvalue weighted by Gasteiger charge is 2.26. The molecular weight excluding hydrogens is 400 g/mol. The predicted octanol–water partition coefficient (Wildman–Crippen LogP) is 4.55. The van der Waals surface area contributed by atoms with Crippen molar-refractivity contribution in [3.8, 4) is 5.75 Å². The van der Waals surface area contributed by atoms with Gasteiger partial charge in [-0.15, -0.1) is 0 Å². The molecule has 1 heterocycles. The first-order chi connectivity index (χ1) is 15.6. The van der Waals surface area contributed by atoms with Gasteiger partial charge in [-0.3, -0.25) is 9.59 Å². The van der Waals surface area contributed by atoms with Gasteiger partial charge in [0.15, 0.2) is 0 Å². The zero-order chi connectivity index (χ0) is 22.3. The number of ether oxygens (including phenoxy) is 1. The number of carbonyl (C=O) groups excluding carboxylic acids is 2. The van der Waals surface area contributed by atoms with Crippen LogP contribution in [0.2, 0.25) is 0 Å². The van der Waals surface area contributed by atoms with E-state index < -0.39 is 0 Å². The van der Waals surface area contributed by atoms with E-state index >= 15 is 0 Å². The topological polar surface area (TPSA) is 67.4 Å². The molecule has 0 radical (unpaired) electrons. The Bertz CT molecular complexity index is 1080. The molecule has 0 saturated carbocycles. The highest BCUT2D eigenvalue weighted by Crippen LogP contribution is 2.30. The summed E-state index contributed by atoms with van der Waals surface area (Å²) in [4.78, 5) is 25.1. The molecular formula is C27H28N2O3. The molecule has 0 spiro atoms. The maximum atomic E-state index is 12.6. The SMILES string of the molecule is Cc1ccc(C(=O)Nc2ccc3c(c2)CC(C(=O)NCCCc2ccccc2)CO3)cc1. The Morgan fingerprint density at radius 2 is 1.78 bits per heavy atom. The summed E-state index contributed by atoms with van der Waals surface area (Å²) < 4.78 is 5.82. The van der Waals surface area contributed by atoms with Crippen LogP contribution in [-0.2, 0) is 17.6 Å². The highest BCUT2D eigenvalue weighted by atomic mass is 16.5. The lowest BCUT2D eigenvalue weighted by Crippen LogP contribution is -2.37. The molecule has 0 aromatic heterocycles. The average molecular weight is 429 g/mol. The summed E-state index contributed by atoms with van der Waals surface area (Å²) in [5.41, 5.74) is 4.62. The number of rotatable bonds is 7. The summed E-state index contributed by atoms with van der Waals surface area (Å²) in [5, 5.41) is 5.97. The van der Waals surface area contributed by atoms with Gasteiger partial charge in [0.05, 0.1) is 5.92 Å². The molecule has 2 amide bonds. The van der Waals surface area contributed by atoms with Gasteiger partial charge >= 0.3 is 0 Å². The molecule has 32 heavy (non-hydrogen) atoms. The van der Waals surface area contributed by atoms with Crippen LogP contribution in [0.15, 0.2) is 72.8 Å². The standard InChI is InChI=1S/C27H28N2O3/c1-19-9-11-21(12-10-19)27(31)29-24-13-14-25-22(17-24)16-23(18-32-25)26(30)28-15-5-8-20-6-3-2-4-7-20/h2-4,6-7,9-14,17,23H,5,8,15-16,18H2,1H3,(H,28,30)(H,29,31). The van der Waals surface area contributed by atoms with Crippen LogP contribution in [0.25, 0.3) is 0 Å². The zero-order valence-corrected chi connectivity index (χ0v) is 18.3. The van der Waals surface area contributed by atoms with Crippen LogP contribution in [0.1, 0.15) is 33.5 Å².